The lowest BCUT2D eigenvalue weighted by atomic mass is 10.5. The van der Waals surface area contributed by atoms with E-state index in [2.05, 4.69) is 23.4 Å². The molecular weight excluding hydrogens is 130 g/mol. The molecule has 2 heteroatoms. The fourth-order valence-electron chi connectivity index (χ4n) is 0.933. The molecule has 0 amide bonds. The van der Waals surface area contributed by atoms with Crippen molar-refractivity contribution in [3.8, 4) is 0 Å². The van der Waals surface area contributed by atoms with Crippen LogP contribution in [0.4, 0.5) is 0 Å². The second kappa shape index (κ2) is 3.83. The molecule has 1 heterocycles. The molecule has 0 atom stereocenters. The Bertz CT molecular complexity index is 101. The predicted octanol–water partition coefficient (Wildman–Crippen LogP) is 1.57. The summed E-state index contributed by atoms with van der Waals surface area (Å²) in [5, 5.41) is 0. The van der Waals surface area contributed by atoms with Gasteiger partial charge in [0.15, 0.2) is 0 Å². The van der Waals surface area contributed by atoms with Gasteiger partial charge < -0.3 is 4.90 Å². The van der Waals surface area contributed by atoms with Crippen molar-refractivity contribution in [2.45, 2.75) is 6.42 Å². The normalized spacial score (nSPS) is 17.2. The molecule has 0 aromatic carbocycles. The van der Waals surface area contributed by atoms with Gasteiger partial charge in [-0.25, -0.2) is 0 Å². The van der Waals surface area contributed by atoms with Crippen LogP contribution in [-0.4, -0.2) is 30.0 Å². The summed E-state index contributed by atoms with van der Waals surface area (Å²) < 4.78 is 0. The van der Waals surface area contributed by atoms with E-state index in [0.29, 0.717) is 0 Å². The summed E-state index contributed by atoms with van der Waals surface area (Å²) in [5.74, 6) is 1.25. The smallest absolute Gasteiger partial charge is 0.0263 e. The second-order valence-corrected chi connectivity index (χ2v) is 3.19. The van der Waals surface area contributed by atoms with E-state index in [0.717, 1.165) is 0 Å². The molecule has 0 saturated carbocycles. The van der Waals surface area contributed by atoms with E-state index < -0.39 is 0 Å². The molecule has 0 aliphatic carbocycles. The zero-order valence-electron chi connectivity index (χ0n) is 5.84. The van der Waals surface area contributed by atoms with Crippen LogP contribution < -0.4 is 0 Å². The van der Waals surface area contributed by atoms with Crippen LogP contribution >= 0.6 is 11.8 Å². The van der Waals surface area contributed by atoms with Crippen molar-refractivity contribution < 1.29 is 0 Å². The standard InChI is InChI=1S/C7H13NS/c1-9-7-6-8-4-2-3-5-8/h2,4H,3,5-7H2,1H3. The van der Waals surface area contributed by atoms with Gasteiger partial charge in [-0.1, -0.05) is 6.08 Å². The van der Waals surface area contributed by atoms with E-state index in [1.165, 1.54) is 25.3 Å². The van der Waals surface area contributed by atoms with E-state index in [1.807, 2.05) is 11.8 Å². The molecule has 0 bridgehead atoms. The molecule has 1 aliphatic rings. The van der Waals surface area contributed by atoms with Gasteiger partial charge in [-0.05, 0) is 18.9 Å². The van der Waals surface area contributed by atoms with Crippen molar-refractivity contribution in [1.82, 2.24) is 4.90 Å². The van der Waals surface area contributed by atoms with Crippen LogP contribution in [0.5, 0.6) is 0 Å². The topological polar surface area (TPSA) is 3.24 Å². The minimum absolute atomic E-state index is 1.22. The molecule has 1 nitrogen and oxygen atoms in total. The quantitative estimate of drug-likeness (QED) is 0.590. The van der Waals surface area contributed by atoms with Crippen LogP contribution in [0.25, 0.3) is 0 Å². The molecular formula is C7H13NS. The van der Waals surface area contributed by atoms with Gasteiger partial charge in [0.2, 0.25) is 0 Å². The van der Waals surface area contributed by atoms with E-state index in [-0.39, 0.29) is 0 Å². The third-order valence-electron chi connectivity index (χ3n) is 1.48. The monoisotopic (exact) mass is 143 g/mol. The molecule has 0 radical (unpaired) electrons. The molecule has 9 heavy (non-hydrogen) atoms. The first-order valence-electron chi connectivity index (χ1n) is 3.33. The lowest BCUT2D eigenvalue weighted by Gasteiger charge is -2.13. The maximum Gasteiger partial charge on any atom is 0.0263 e. The average Bonchev–Trinajstić information content (AvgIpc) is 2.34. The number of thioether (sulfide) groups is 1. The Labute approximate surface area is 61.1 Å². The van der Waals surface area contributed by atoms with Crippen molar-refractivity contribution in [2.24, 2.45) is 0 Å². The van der Waals surface area contributed by atoms with Crippen molar-refractivity contribution in [3.05, 3.63) is 12.3 Å². The van der Waals surface area contributed by atoms with Gasteiger partial charge in [-0.15, -0.1) is 0 Å². The average molecular weight is 143 g/mol. The molecule has 0 spiro atoms. The maximum absolute atomic E-state index is 2.37. The third-order valence-corrected chi connectivity index (χ3v) is 2.07. The summed E-state index contributed by atoms with van der Waals surface area (Å²) in [6.07, 6.45) is 7.84. The fourth-order valence-corrected chi connectivity index (χ4v) is 1.35. The van der Waals surface area contributed by atoms with Crippen LogP contribution in [0.1, 0.15) is 6.42 Å². The minimum atomic E-state index is 1.22. The maximum atomic E-state index is 2.37. The summed E-state index contributed by atoms with van der Waals surface area (Å²) >= 11 is 1.91. The number of hydrogen-bond donors (Lipinski definition) is 0. The Balaban J connectivity index is 2.05. The lowest BCUT2D eigenvalue weighted by Crippen LogP contribution is -2.17. The van der Waals surface area contributed by atoms with Gasteiger partial charge in [0.25, 0.3) is 0 Å². The number of hydrogen-bond acceptors (Lipinski definition) is 2. The van der Waals surface area contributed by atoms with E-state index in [4.69, 9.17) is 0 Å². The summed E-state index contributed by atoms with van der Waals surface area (Å²) in [5.41, 5.74) is 0. The first-order chi connectivity index (χ1) is 4.43. The summed E-state index contributed by atoms with van der Waals surface area (Å²) in [4.78, 5) is 2.37. The highest BCUT2D eigenvalue weighted by Crippen LogP contribution is 2.04. The summed E-state index contributed by atoms with van der Waals surface area (Å²) in [6, 6.07) is 0. The molecule has 1 aliphatic heterocycles. The van der Waals surface area contributed by atoms with Gasteiger partial charge in [-0.2, -0.15) is 11.8 Å². The van der Waals surface area contributed by atoms with Crippen LogP contribution in [0, 0.1) is 0 Å². The Morgan fingerprint density at radius 1 is 1.67 bits per heavy atom. The Hall–Kier alpha value is -0.110. The van der Waals surface area contributed by atoms with Crippen LogP contribution in [0.3, 0.4) is 0 Å². The van der Waals surface area contributed by atoms with E-state index in [1.54, 1.807) is 0 Å². The zero-order chi connectivity index (χ0) is 6.53. The first-order valence-corrected chi connectivity index (χ1v) is 4.72. The second-order valence-electron chi connectivity index (χ2n) is 2.20. The highest BCUT2D eigenvalue weighted by atomic mass is 32.2. The minimum Gasteiger partial charge on any atom is -0.377 e. The van der Waals surface area contributed by atoms with Crippen LogP contribution in [0.15, 0.2) is 12.3 Å². The molecule has 0 aromatic rings. The molecule has 0 aromatic heterocycles. The van der Waals surface area contributed by atoms with E-state index >= 15 is 0 Å². The Morgan fingerprint density at radius 3 is 3.11 bits per heavy atom. The van der Waals surface area contributed by atoms with Crippen molar-refractivity contribution >= 4 is 11.8 Å². The molecule has 0 saturated heterocycles. The summed E-state index contributed by atoms with van der Waals surface area (Å²) in [6.45, 7) is 2.46. The van der Waals surface area contributed by atoms with Crippen molar-refractivity contribution in [2.75, 3.05) is 25.1 Å². The SMILES string of the molecule is CSCCN1C=CCC1. The van der Waals surface area contributed by atoms with Crippen molar-refractivity contribution in [1.29, 1.82) is 0 Å². The molecule has 0 unspecified atom stereocenters. The van der Waals surface area contributed by atoms with Crippen LogP contribution in [0.2, 0.25) is 0 Å². The third kappa shape index (κ3) is 2.31. The van der Waals surface area contributed by atoms with Gasteiger partial charge in [0, 0.05) is 18.8 Å². The Kier molecular flexibility index (Phi) is 2.98. The molecule has 1 rings (SSSR count). The first kappa shape index (κ1) is 7.00. The van der Waals surface area contributed by atoms with Gasteiger partial charge >= 0.3 is 0 Å². The van der Waals surface area contributed by atoms with Crippen molar-refractivity contribution in [3.63, 3.8) is 0 Å². The highest BCUT2D eigenvalue weighted by molar-refractivity contribution is 7.98. The largest absolute Gasteiger partial charge is 0.377 e. The van der Waals surface area contributed by atoms with Crippen LogP contribution in [-0.2, 0) is 0 Å². The number of nitrogens with zero attached hydrogens (tertiary/aromatic N) is 1. The molecule has 52 valence electrons. The van der Waals surface area contributed by atoms with Gasteiger partial charge in [0.05, 0.1) is 0 Å². The number of rotatable bonds is 3. The lowest BCUT2D eigenvalue weighted by molar-refractivity contribution is 0.433. The fraction of sp³-hybridized carbons (Fsp3) is 0.714. The molecule has 0 N–H and O–H groups in total. The molecule has 0 fully saturated rings. The van der Waals surface area contributed by atoms with Gasteiger partial charge in [0.1, 0.15) is 0 Å². The Morgan fingerprint density at radius 2 is 2.56 bits per heavy atom. The highest BCUT2D eigenvalue weighted by Gasteiger charge is 2.01. The summed E-state index contributed by atoms with van der Waals surface area (Å²) in [7, 11) is 0. The predicted molar refractivity (Wildman–Crippen MR) is 43.7 cm³/mol. The van der Waals surface area contributed by atoms with E-state index in [9.17, 15) is 0 Å². The van der Waals surface area contributed by atoms with Gasteiger partial charge in [-0.3, -0.25) is 0 Å². The zero-order valence-corrected chi connectivity index (χ0v) is 6.66.